The molecule has 0 spiro atoms. The Bertz CT molecular complexity index is 1010. The molecule has 0 aliphatic heterocycles. The van der Waals surface area contributed by atoms with Crippen LogP contribution < -0.4 is 5.32 Å². The minimum absolute atomic E-state index is 0.0523. The van der Waals surface area contributed by atoms with E-state index in [9.17, 15) is 33.0 Å². The summed E-state index contributed by atoms with van der Waals surface area (Å²) in [7, 11) is 1.41. The van der Waals surface area contributed by atoms with Gasteiger partial charge in [0, 0.05) is 25.4 Å². The highest BCUT2D eigenvalue weighted by Gasteiger charge is 2.33. The number of aliphatic hydroxyl groups excluding tert-OH is 1. The van der Waals surface area contributed by atoms with Crippen LogP contribution >= 0.6 is 0 Å². The Kier molecular flexibility index (Phi) is 7.91. The molecule has 1 amide bonds. The lowest BCUT2D eigenvalue weighted by Gasteiger charge is -2.30. The molecule has 180 valence electrons. The number of pyridine rings is 1. The number of carbonyl (C=O) groups excluding carboxylic acids is 1. The van der Waals surface area contributed by atoms with E-state index in [4.69, 9.17) is 4.74 Å². The van der Waals surface area contributed by atoms with Gasteiger partial charge < -0.3 is 25.2 Å². The van der Waals surface area contributed by atoms with Crippen molar-refractivity contribution in [2.75, 3.05) is 25.5 Å². The number of carboxylic acids is 1. The summed E-state index contributed by atoms with van der Waals surface area (Å²) in [4.78, 5) is 28.8. The Labute approximate surface area is 189 Å². The van der Waals surface area contributed by atoms with Gasteiger partial charge in [-0.15, -0.1) is 0 Å². The first-order valence-electron chi connectivity index (χ1n) is 9.95. The normalized spacial score (nSPS) is 12.7. The van der Waals surface area contributed by atoms with Crippen molar-refractivity contribution in [3.8, 4) is 11.1 Å². The third-order valence-electron chi connectivity index (χ3n) is 4.60. The number of likely N-dealkylation sites (N-methyl/N-ethyl adjacent to an activating group) is 1. The fourth-order valence-corrected chi connectivity index (χ4v) is 2.93. The topological polar surface area (TPSA) is 112 Å². The van der Waals surface area contributed by atoms with Crippen LogP contribution in [0.15, 0.2) is 36.5 Å². The van der Waals surface area contributed by atoms with Gasteiger partial charge in [0.25, 0.3) is 0 Å². The number of benzene rings is 1. The predicted octanol–water partition coefficient (Wildman–Crippen LogP) is 4.11. The number of amides is 1. The molecule has 8 nitrogen and oxygen atoms in total. The Hall–Kier alpha value is -3.34. The summed E-state index contributed by atoms with van der Waals surface area (Å²) in [6, 6.07) is 5.29. The summed E-state index contributed by atoms with van der Waals surface area (Å²) in [6.07, 6.45) is -4.27. The van der Waals surface area contributed by atoms with Gasteiger partial charge in [0.15, 0.2) is 5.69 Å². The quantitative estimate of drug-likeness (QED) is 0.560. The molecular formula is C22H26F3N3O5. The third kappa shape index (κ3) is 6.82. The van der Waals surface area contributed by atoms with E-state index in [0.717, 1.165) is 17.2 Å². The summed E-state index contributed by atoms with van der Waals surface area (Å²) in [5.74, 6) is -1.39. The molecule has 3 N–H and O–H groups in total. The number of hydrogen-bond acceptors (Lipinski definition) is 6. The molecule has 0 radical (unpaired) electrons. The van der Waals surface area contributed by atoms with Gasteiger partial charge in [-0.3, -0.25) is 0 Å². The van der Waals surface area contributed by atoms with Crippen molar-refractivity contribution in [2.24, 2.45) is 0 Å². The second-order valence-corrected chi connectivity index (χ2v) is 8.28. The molecule has 33 heavy (non-hydrogen) atoms. The average Bonchev–Trinajstić information content (AvgIpc) is 2.71. The molecule has 0 unspecified atom stereocenters. The van der Waals surface area contributed by atoms with E-state index in [-0.39, 0.29) is 23.4 Å². The summed E-state index contributed by atoms with van der Waals surface area (Å²) in [6.45, 7) is 4.45. The van der Waals surface area contributed by atoms with E-state index >= 15 is 0 Å². The van der Waals surface area contributed by atoms with Crippen molar-refractivity contribution >= 4 is 17.7 Å². The van der Waals surface area contributed by atoms with Crippen LogP contribution in [0.25, 0.3) is 11.1 Å². The van der Waals surface area contributed by atoms with E-state index in [1.54, 1.807) is 20.8 Å². The maximum absolute atomic E-state index is 13.4. The van der Waals surface area contributed by atoms with Gasteiger partial charge in [-0.25, -0.2) is 14.6 Å². The molecule has 0 saturated heterocycles. The van der Waals surface area contributed by atoms with Gasteiger partial charge in [-0.05, 0) is 38.5 Å². The van der Waals surface area contributed by atoms with Gasteiger partial charge in [0.1, 0.15) is 5.60 Å². The molecule has 0 aliphatic carbocycles. The number of ether oxygens (including phenoxy) is 1. The highest BCUT2D eigenvalue weighted by Crippen LogP contribution is 2.37. The second kappa shape index (κ2) is 10.1. The fraction of sp³-hybridized carbons (Fsp3) is 0.409. The standard InChI is InChI=1S/C22H26F3N3O5/c1-21(2,3)33-20(32)28(4)14(12-29)11-26-17-9-13(10-27-18(17)19(30)31)15-7-5-6-8-16(15)22(23,24)25/h5-10,14,26,29H,11-12H2,1-4H3,(H,30,31)/t14-/m1/s1. The van der Waals surface area contributed by atoms with Gasteiger partial charge >= 0.3 is 18.2 Å². The number of halogens is 3. The van der Waals surface area contributed by atoms with E-state index in [0.29, 0.717) is 0 Å². The number of anilines is 1. The van der Waals surface area contributed by atoms with E-state index in [1.807, 2.05) is 0 Å². The number of aliphatic hydroxyl groups is 1. The van der Waals surface area contributed by atoms with Crippen molar-refractivity contribution in [3.63, 3.8) is 0 Å². The van der Waals surface area contributed by atoms with Crippen molar-refractivity contribution in [1.29, 1.82) is 0 Å². The highest BCUT2D eigenvalue weighted by molar-refractivity contribution is 5.93. The minimum atomic E-state index is -4.62. The lowest BCUT2D eigenvalue weighted by Crippen LogP contribution is -2.46. The Morgan fingerprint density at radius 1 is 1.21 bits per heavy atom. The molecule has 2 aromatic rings. The zero-order valence-electron chi connectivity index (χ0n) is 18.6. The third-order valence-corrected chi connectivity index (χ3v) is 4.60. The average molecular weight is 469 g/mol. The first-order valence-corrected chi connectivity index (χ1v) is 9.95. The number of aromatic carboxylic acids is 1. The van der Waals surface area contributed by atoms with Crippen molar-refractivity contribution in [1.82, 2.24) is 9.88 Å². The van der Waals surface area contributed by atoms with Gasteiger partial charge in [0.2, 0.25) is 0 Å². The van der Waals surface area contributed by atoms with Crippen LogP contribution in [0.5, 0.6) is 0 Å². The van der Waals surface area contributed by atoms with Crippen LogP contribution in [-0.2, 0) is 10.9 Å². The number of rotatable bonds is 7. The molecule has 0 fully saturated rings. The summed E-state index contributed by atoms with van der Waals surface area (Å²) >= 11 is 0. The van der Waals surface area contributed by atoms with E-state index < -0.39 is 47.7 Å². The lowest BCUT2D eigenvalue weighted by molar-refractivity contribution is -0.137. The summed E-state index contributed by atoms with van der Waals surface area (Å²) in [5.41, 5.74) is -2.25. The number of nitrogens with one attached hydrogen (secondary N) is 1. The Balaban J connectivity index is 2.35. The largest absolute Gasteiger partial charge is 0.476 e. The SMILES string of the molecule is CN(C(=O)OC(C)(C)C)[C@@H](CO)CNc1cc(-c2ccccc2C(F)(F)F)cnc1C(=O)O. The molecule has 1 aromatic carbocycles. The smallest absolute Gasteiger partial charge is 0.417 e. The van der Waals surface area contributed by atoms with Crippen LogP contribution in [-0.4, -0.2) is 64.0 Å². The lowest BCUT2D eigenvalue weighted by atomic mass is 10.00. The first-order chi connectivity index (χ1) is 15.2. The van der Waals surface area contributed by atoms with E-state index in [2.05, 4.69) is 10.3 Å². The number of nitrogens with zero attached hydrogens (tertiary/aromatic N) is 2. The van der Waals surface area contributed by atoms with Crippen LogP contribution in [0.2, 0.25) is 0 Å². The Morgan fingerprint density at radius 2 is 1.85 bits per heavy atom. The van der Waals surface area contributed by atoms with Crippen LogP contribution in [0.4, 0.5) is 23.7 Å². The molecule has 1 atom stereocenters. The molecular weight excluding hydrogens is 443 g/mol. The van der Waals surface area contributed by atoms with Gasteiger partial charge in [0.05, 0.1) is 23.9 Å². The van der Waals surface area contributed by atoms with Crippen LogP contribution in [0.1, 0.15) is 36.8 Å². The zero-order chi connectivity index (χ0) is 25.0. The summed E-state index contributed by atoms with van der Waals surface area (Å²) in [5, 5.41) is 21.9. The molecule has 0 saturated carbocycles. The number of hydrogen-bond donors (Lipinski definition) is 3. The van der Waals surface area contributed by atoms with Crippen molar-refractivity contribution in [3.05, 3.63) is 47.8 Å². The Morgan fingerprint density at radius 3 is 2.39 bits per heavy atom. The molecule has 1 heterocycles. The number of carbonyl (C=O) groups is 2. The molecule has 1 aromatic heterocycles. The van der Waals surface area contributed by atoms with Crippen LogP contribution in [0, 0.1) is 0 Å². The maximum atomic E-state index is 13.4. The molecule has 11 heteroatoms. The monoisotopic (exact) mass is 469 g/mol. The second-order valence-electron chi connectivity index (χ2n) is 8.28. The highest BCUT2D eigenvalue weighted by atomic mass is 19.4. The summed E-state index contributed by atoms with van der Waals surface area (Å²) < 4.78 is 45.5. The van der Waals surface area contributed by atoms with E-state index in [1.165, 1.54) is 31.3 Å². The van der Waals surface area contributed by atoms with Crippen LogP contribution in [0.3, 0.4) is 0 Å². The molecule has 2 rings (SSSR count). The fourth-order valence-electron chi connectivity index (χ4n) is 2.93. The number of carboxylic acid groups (broad SMARTS) is 1. The first kappa shape index (κ1) is 25.9. The van der Waals surface area contributed by atoms with Crippen molar-refractivity contribution < 1.29 is 37.7 Å². The molecule has 0 aliphatic rings. The maximum Gasteiger partial charge on any atom is 0.417 e. The van der Waals surface area contributed by atoms with Gasteiger partial charge in [-0.1, -0.05) is 18.2 Å². The van der Waals surface area contributed by atoms with Gasteiger partial charge in [-0.2, -0.15) is 13.2 Å². The number of aromatic nitrogens is 1. The van der Waals surface area contributed by atoms with Crippen molar-refractivity contribution in [2.45, 2.75) is 38.6 Å². The zero-order valence-corrected chi connectivity index (χ0v) is 18.6. The minimum Gasteiger partial charge on any atom is -0.476 e. The number of alkyl halides is 3. The molecule has 0 bridgehead atoms. The predicted molar refractivity (Wildman–Crippen MR) is 115 cm³/mol.